The van der Waals surface area contributed by atoms with E-state index in [0.29, 0.717) is 0 Å². The number of nitrogens with zero attached hydrogens (tertiary/aromatic N) is 2. The molecular formula is C43H78N2. The number of unbranched alkanes of at least 4 members (excludes halogenated alkanes) is 30. The van der Waals surface area contributed by atoms with Gasteiger partial charge in [0.15, 0.2) is 0 Å². The van der Waals surface area contributed by atoms with Crippen molar-refractivity contribution in [3.05, 3.63) is 29.8 Å². The fourth-order valence-electron chi connectivity index (χ4n) is 6.90. The Morgan fingerprint density at radius 2 is 0.667 bits per heavy atom. The minimum Gasteiger partial charge on any atom is -0.370 e. The summed E-state index contributed by atoms with van der Waals surface area (Å²) in [6.45, 7) is 6.79. The van der Waals surface area contributed by atoms with Gasteiger partial charge in [-0.15, -0.1) is 0 Å². The molecule has 0 atom stereocenters. The lowest BCUT2D eigenvalue weighted by molar-refractivity contribution is 0.524. The minimum absolute atomic E-state index is 0.838. The molecule has 0 N–H and O–H groups in total. The van der Waals surface area contributed by atoms with Gasteiger partial charge in [-0.1, -0.05) is 219 Å². The largest absolute Gasteiger partial charge is 0.370 e. The highest BCUT2D eigenvalue weighted by molar-refractivity contribution is 5.59. The fourth-order valence-corrected chi connectivity index (χ4v) is 6.90. The maximum atomic E-state index is 9.72. The summed E-state index contributed by atoms with van der Waals surface area (Å²) < 4.78 is 0. The van der Waals surface area contributed by atoms with E-state index in [1.807, 2.05) is 12.1 Å². The molecule has 45 heavy (non-hydrogen) atoms. The van der Waals surface area contributed by atoms with Crippen LogP contribution in [0.1, 0.15) is 225 Å². The van der Waals surface area contributed by atoms with Crippen molar-refractivity contribution < 1.29 is 0 Å². The van der Waals surface area contributed by atoms with Gasteiger partial charge in [0.1, 0.15) is 6.07 Å². The van der Waals surface area contributed by atoms with Gasteiger partial charge in [0.2, 0.25) is 0 Å². The highest BCUT2D eigenvalue weighted by atomic mass is 15.1. The molecule has 0 bridgehead atoms. The number of para-hydroxylation sites is 1. The number of rotatable bonds is 35. The third kappa shape index (κ3) is 26.3. The van der Waals surface area contributed by atoms with Crippen LogP contribution in [-0.2, 0) is 0 Å². The lowest BCUT2D eigenvalue weighted by atomic mass is 10.0. The normalized spacial score (nSPS) is 11.2. The van der Waals surface area contributed by atoms with E-state index in [1.54, 1.807) is 0 Å². The van der Waals surface area contributed by atoms with Crippen LogP contribution in [0.4, 0.5) is 5.69 Å². The van der Waals surface area contributed by atoms with Crippen molar-refractivity contribution in [1.82, 2.24) is 0 Å². The molecule has 0 saturated carbocycles. The van der Waals surface area contributed by atoms with Gasteiger partial charge in [-0.3, -0.25) is 0 Å². The monoisotopic (exact) mass is 623 g/mol. The van der Waals surface area contributed by atoms with Crippen molar-refractivity contribution >= 4 is 5.69 Å². The van der Waals surface area contributed by atoms with E-state index in [4.69, 9.17) is 0 Å². The number of anilines is 1. The predicted molar refractivity (Wildman–Crippen MR) is 202 cm³/mol. The van der Waals surface area contributed by atoms with Crippen molar-refractivity contribution in [3.8, 4) is 6.07 Å². The first-order chi connectivity index (χ1) is 22.3. The Labute approximate surface area is 283 Å². The van der Waals surface area contributed by atoms with Crippen molar-refractivity contribution in [2.24, 2.45) is 0 Å². The fraction of sp³-hybridized carbons (Fsp3) is 0.837. The van der Waals surface area contributed by atoms with E-state index >= 15 is 0 Å². The maximum absolute atomic E-state index is 9.72. The SMILES string of the molecule is CCCCCCCCCCCCCCCCCCN(CCCCCCCCCCCCCCCCCC)c1ccccc1C#N. The van der Waals surface area contributed by atoms with Crippen LogP contribution in [0.15, 0.2) is 24.3 Å². The molecule has 1 aromatic rings. The summed E-state index contributed by atoms with van der Waals surface area (Å²) in [4.78, 5) is 2.52. The summed E-state index contributed by atoms with van der Waals surface area (Å²) in [7, 11) is 0. The Morgan fingerprint density at radius 3 is 0.956 bits per heavy atom. The second kappa shape index (κ2) is 33.9. The van der Waals surface area contributed by atoms with Crippen LogP contribution in [0.25, 0.3) is 0 Å². The molecule has 0 unspecified atom stereocenters. The first kappa shape index (κ1) is 41.5. The van der Waals surface area contributed by atoms with E-state index in [0.717, 1.165) is 24.3 Å². The Bertz CT molecular complexity index is 729. The average Bonchev–Trinajstić information content (AvgIpc) is 3.06. The molecule has 2 heteroatoms. The van der Waals surface area contributed by atoms with E-state index < -0.39 is 0 Å². The van der Waals surface area contributed by atoms with Gasteiger partial charge in [0.25, 0.3) is 0 Å². The topological polar surface area (TPSA) is 27.0 Å². The molecular weight excluding hydrogens is 544 g/mol. The van der Waals surface area contributed by atoms with Crippen LogP contribution >= 0.6 is 0 Å². The lowest BCUT2D eigenvalue weighted by Gasteiger charge is -2.26. The van der Waals surface area contributed by atoms with Crippen LogP contribution < -0.4 is 4.90 Å². The maximum Gasteiger partial charge on any atom is 0.101 e. The molecule has 0 aromatic heterocycles. The van der Waals surface area contributed by atoms with Crippen LogP contribution in [0.2, 0.25) is 0 Å². The second-order valence-electron chi connectivity index (χ2n) is 14.2. The van der Waals surface area contributed by atoms with Crippen LogP contribution in [0.5, 0.6) is 0 Å². The van der Waals surface area contributed by atoms with Crippen LogP contribution in [0.3, 0.4) is 0 Å². The lowest BCUT2D eigenvalue weighted by Crippen LogP contribution is -2.26. The average molecular weight is 623 g/mol. The zero-order valence-electron chi connectivity index (χ0n) is 30.7. The van der Waals surface area contributed by atoms with Gasteiger partial charge in [0.05, 0.1) is 11.3 Å². The number of hydrogen-bond acceptors (Lipinski definition) is 2. The van der Waals surface area contributed by atoms with Crippen molar-refractivity contribution in [2.75, 3.05) is 18.0 Å². The van der Waals surface area contributed by atoms with E-state index in [9.17, 15) is 5.26 Å². The second-order valence-corrected chi connectivity index (χ2v) is 14.2. The van der Waals surface area contributed by atoms with E-state index in [-0.39, 0.29) is 0 Å². The summed E-state index contributed by atoms with van der Waals surface area (Å²) in [5, 5.41) is 9.72. The summed E-state index contributed by atoms with van der Waals surface area (Å²) in [5.74, 6) is 0. The molecule has 0 radical (unpaired) electrons. The molecule has 1 aromatic carbocycles. The van der Waals surface area contributed by atoms with Gasteiger partial charge in [-0.05, 0) is 25.0 Å². The Hall–Kier alpha value is -1.49. The van der Waals surface area contributed by atoms with Crippen molar-refractivity contribution in [3.63, 3.8) is 0 Å². The van der Waals surface area contributed by atoms with Gasteiger partial charge in [0, 0.05) is 13.1 Å². The first-order valence-electron chi connectivity index (χ1n) is 20.6. The smallest absolute Gasteiger partial charge is 0.101 e. The summed E-state index contributed by atoms with van der Waals surface area (Å²) in [5.41, 5.74) is 1.99. The molecule has 260 valence electrons. The molecule has 1 rings (SSSR count). The summed E-state index contributed by atoms with van der Waals surface area (Å²) >= 11 is 0. The summed E-state index contributed by atoms with van der Waals surface area (Å²) in [6, 6.07) is 10.7. The van der Waals surface area contributed by atoms with Gasteiger partial charge in [-0.25, -0.2) is 0 Å². The number of hydrogen-bond donors (Lipinski definition) is 0. The molecule has 0 spiro atoms. The van der Waals surface area contributed by atoms with Crippen LogP contribution in [0, 0.1) is 11.3 Å². The molecule has 0 saturated heterocycles. The van der Waals surface area contributed by atoms with Crippen molar-refractivity contribution in [2.45, 2.75) is 219 Å². The Morgan fingerprint density at radius 1 is 0.400 bits per heavy atom. The quantitative estimate of drug-likeness (QED) is 0.0704. The van der Waals surface area contributed by atoms with Crippen LogP contribution in [-0.4, -0.2) is 13.1 Å². The zero-order chi connectivity index (χ0) is 32.3. The Balaban J connectivity index is 2.08. The molecule has 2 nitrogen and oxygen atoms in total. The molecule has 0 aliphatic rings. The van der Waals surface area contributed by atoms with Crippen molar-refractivity contribution in [1.29, 1.82) is 5.26 Å². The number of nitriles is 1. The third-order valence-corrected chi connectivity index (χ3v) is 9.93. The number of benzene rings is 1. The zero-order valence-corrected chi connectivity index (χ0v) is 30.7. The van der Waals surface area contributed by atoms with Gasteiger partial charge < -0.3 is 4.90 Å². The standard InChI is InChI=1S/C43H78N2/c1-3-5-7-9-11-13-15-17-19-21-23-25-27-29-31-35-39-45(43-38-34-33-37-42(43)41-44)40-36-32-30-28-26-24-22-20-18-16-14-12-10-8-6-4-2/h33-34,37-38H,3-32,35-36,39-40H2,1-2H3. The molecule has 0 aliphatic carbocycles. The van der Waals surface area contributed by atoms with E-state index in [1.165, 1.54) is 205 Å². The minimum atomic E-state index is 0.838. The van der Waals surface area contributed by atoms with E-state index in [2.05, 4.69) is 36.9 Å². The third-order valence-electron chi connectivity index (χ3n) is 9.93. The Kier molecular flexibility index (Phi) is 31.3. The highest BCUT2D eigenvalue weighted by Crippen LogP contribution is 2.22. The van der Waals surface area contributed by atoms with Gasteiger partial charge in [-0.2, -0.15) is 5.26 Å². The molecule has 0 fully saturated rings. The molecule has 0 heterocycles. The summed E-state index contributed by atoms with van der Waals surface area (Å²) in [6.07, 6.45) is 45.1. The predicted octanol–water partition coefficient (Wildman–Crippen LogP) is 14.9. The molecule has 0 amide bonds. The van der Waals surface area contributed by atoms with Gasteiger partial charge >= 0.3 is 0 Å². The first-order valence-corrected chi connectivity index (χ1v) is 20.6. The highest BCUT2D eigenvalue weighted by Gasteiger charge is 2.10. The molecule has 0 aliphatic heterocycles.